The molecular formula is C14H12N4O4. The number of hydrogen-bond donors (Lipinski definition) is 0. The van der Waals surface area contributed by atoms with Crippen molar-refractivity contribution in [2.24, 2.45) is 0 Å². The summed E-state index contributed by atoms with van der Waals surface area (Å²) in [5, 5.41) is 19.8. The molecule has 0 radical (unpaired) electrons. The van der Waals surface area contributed by atoms with Gasteiger partial charge in [-0.05, 0) is 13.0 Å². The molecule has 0 saturated carbocycles. The lowest BCUT2D eigenvalue weighted by molar-refractivity contribution is -0.385. The average molecular weight is 300 g/mol. The zero-order valence-electron chi connectivity index (χ0n) is 11.7. The number of nitriles is 1. The SMILES string of the molecule is CCOc1cccc(Cn2cc([N+](=O)[O-])cc(C#N)c2=O)n1. The van der Waals surface area contributed by atoms with Crippen LogP contribution in [0.2, 0.25) is 0 Å². The molecule has 112 valence electrons. The van der Waals surface area contributed by atoms with Crippen molar-refractivity contribution in [3.8, 4) is 11.9 Å². The van der Waals surface area contributed by atoms with Crippen LogP contribution in [0, 0.1) is 21.4 Å². The largest absolute Gasteiger partial charge is 0.478 e. The Hall–Kier alpha value is -3.21. The van der Waals surface area contributed by atoms with Crippen molar-refractivity contribution >= 4 is 5.69 Å². The zero-order chi connectivity index (χ0) is 16.1. The number of aromatic nitrogens is 2. The van der Waals surface area contributed by atoms with Crippen molar-refractivity contribution in [2.45, 2.75) is 13.5 Å². The summed E-state index contributed by atoms with van der Waals surface area (Å²) in [4.78, 5) is 26.5. The molecule has 0 aromatic carbocycles. The second-order valence-corrected chi connectivity index (χ2v) is 4.31. The van der Waals surface area contributed by atoms with Crippen LogP contribution in [0.4, 0.5) is 5.69 Å². The van der Waals surface area contributed by atoms with Gasteiger partial charge in [-0.3, -0.25) is 14.9 Å². The lowest BCUT2D eigenvalue weighted by Crippen LogP contribution is -2.23. The molecule has 0 unspecified atom stereocenters. The van der Waals surface area contributed by atoms with E-state index in [1.807, 2.05) is 6.92 Å². The Morgan fingerprint density at radius 2 is 2.27 bits per heavy atom. The summed E-state index contributed by atoms with van der Waals surface area (Å²) in [6.07, 6.45) is 1.10. The number of pyridine rings is 2. The van der Waals surface area contributed by atoms with Crippen molar-refractivity contribution in [3.63, 3.8) is 0 Å². The molecule has 0 fully saturated rings. The fourth-order valence-electron chi connectivity index (χ4n) is 1.87. The first-order chi connectivity index (χ1) is 10.5. The van der Waals surface area contributed by atoms with Gasteiger partial charge in [-0.25, -0.2) is 4.98 Å². The molecule has 2 aromatic rings. The van der Waals surface area contributed by atoms with E-state index in [0.717, 1.165) is 16.8 Å². The quantitative estimate of drug-likeness (QED) is 0.610. The molecule has 2 rings (SSSR count). The van der Waals surface area contributed by atoms with Crippen LogP contribution in [0.1, 0.15) is 18.2 Å². The molecule has 0 saturated heterocycles. The summed E-state index contributed by atoms with van der Waals surface area (Å²) >= 11 is 0. The van der Waals surface area contributed by atoms with Crippen molar-refractivity contribution < 1.29 is 9.66 Å². The average Bonchev–Trinajstić information content (AvgIpc) is 2.50. The maximum absolute atomic E-state index is 12.0. The molecule has 0 aliphatic rings. The van der Waals surface area contributed by atoms with Crippen molar-refractivity contribution in [1.82, 2.24) is 9.55 Å². The van der Waals surface area contributed by atoms with E-state index in [1.165, 1.54) is 0 Å². The van der Waals surface area contributed by atoms with E-state index in [1.54, 1.807) is 24.3 Å². The monoisotopic (exact) mass is 300 g/mol. The second kappa shape index (κ2) is 6.49. The molecule has 0 aliphatic carbocycles. The van der Waals surface area contributed by atoms with Crippen LogP contribution in [0.25, 0.3) is 0 Å². The van der Waals surface area contributed by atoms with Crippen molar-refractivity contribution in [1.29, 1.82) is 5.26 Å². The molecule has 0 N–H and O–H groups in total. The van der Waals surface area contributed by atoms with Crippen LogP contribution in [0.5, 0.6) is 5.88 Å². The van der Waals surface area contributed by atoms with Gasteiger partial charge in [0.25, 0.3) is 11.2 Å². The first-order valence-electron chi connectivity index (χ1n) is 6.43. The Labute approximate surface area is 125 Å². The molecule has 2 heterocycles. The second-order valence-electron chi connectivity index (χ2n) is 4.31. The fourth-order valence-corrected chi connectivity index (χ4v) is 1.87. The van der Waals surface area contributed by atoms with E-state index in [9.17, 15) is 14.9 Å². The molecule has 0 bridgehead atoms. The van der Waals surface area contributed by atoms with Gasteiger partial charge in [-0.2, -0.15) is 5.26 Å². The molecule has 22 heavy (non-hydrogen) atoms. The Kier molecular flexibility index (Phi) is 4.48. The number of rotatable bonds is 5. The fraction of sp³-hybridized carbons (Fsp3) is 0.214. The van der Waals surface area contributed by atoms with Gasteiger partial charge in [-0.15, -0.1) is 0 Å². The highest BCUT2D eigenvalue weighted by molar-refractivity contribution is 5.37. The molecule has 0 amide bonds. The minimum absolute atomic E-state index is 0.0100. The third-order valence-electron chi connectivity index (χ3n) is 2.81. The van der Waals surface area contributed by atoms with Gasteiger partial charge >= 0.3 is 0 Å². The molecule has 2 aromatic heterocycles. The minimum atomic E-state index is -0.652. The van der Waals surface area contributed by atoms with E-state index in [-0.39, 0.29) is 17.8 Å². The smallest absolute Gasteiger partial charge is 0.287 e. The van der Waals surface area contributed by atoms with Gasteiger partial charge in [0.2, 0.25) is 5.88 Å². The minimum Gasteiger partial charge on any atom is -0.478 e. The Morgan fingerprint density at radius 1 is 1.50 bits per heavy atom. The van der Waals surface area contributed by atoms with E-state index in [0.29, 0.717) is 18.2 Å². The van der Waals surface area contributed by atoms with E-state index in [4.69, 9.17) is 10.00 Å². The number of nitrogens with zero attached hydrogens (tertiary/aromatic N) is 4. The van der Waals surface area contributed by atoms with Crippen LogP contribution >= 0.6 is 0 Å². The summed E-state index contributed by atoms with van der Waals surface area (Å²) in [6, 6.07) is 7.67. The first-order valence-corrected chi connectivity index (χ1v) is 6.43. The van der Waals surface area contributed by atoms with Crippen LogP contribution in [-0.4, -0.2) is 21.1 Å². The summed E-state index contributed by atoms with van der Waals surface area (Å²) in [5.74, 6) is 0.402. The molecule has 0 atom stereocenters. The zero-order valence-corrected chi connectivity index (χ0v) is 11.7. The Bertz CT molecular complexity index is 807. The third kappa shape index (κ3) is 3.27. The van der Waals surface area contributed by atoms with Crippen LogP contribution in [0.3, 0.4) is 0 Å². The number of ether oxygens (including phenoxy) is 1. The Morgan fingerprint density at radius 3 is 2.91 bits per heavy atom. The first kappa shape index (κ1) is 15.2. The summed E-state index contributed by atoms with van der Waals surface area (Å²) in [5.41, 5.74) is -0.707. The van der Waals surface area contributed by atoms with E-state index >= 15 is 0 Å². The predicted octanol–water partition coefficient (Wildman–Crippen LogP) is 1.47. The van der Waals surface area contributed by atoms with Crippen LogP contribution in [-0.2, 0) is 6.54 Å². The van der Waals surface area contributed by atoms with Gasteiger partial charge in [0.05, 0.1) is 30.0 Å². The summed E-state index contributed by atoms with van der Waals surface area (Å²) in [6.45, 7) is 2.28. The lowest BCUT2D eigenvalue weighted by atomic mass is 10.2. The topological polar surface area (TPSA) is 111 Å². The van der Waals surface area contributed by atoms with Crippen LogP contribution in [0.15, 0.2) is 35.3 Å². The molecule has 0 aliphatic heterocycles. The van der Waals surface area contributed by atoms with Gasteiger partial charge in [-0.1, -0.05) is 6.07 Å². The van der Waals surface area contributed by atoms with Crippen LogP contribution < -0.4 is 10.3 Å². The van der Waals surface area contributed by atoms with Crippen molar-refractivity contribution in [2.75, 3.05) is 6.61 Å². The molecule has 8 nitrogen and oxygen atoms in total. The molecule has 0 spiro atoms. The maximum Gasteiger partial charge on any atom is 0.287 e. The Balaban J connectivity index is 2.43. The highest BCUT2D eigenvalue weighted by atomic mass is 16.6. The summed E-state index contributed by atoms with van der Waals surface area (Å²) < 4.78 is 6.35. The molecule has 8 heteroatoms. The maximum atomic E-state index is 12.0. The van der Waals surface area contributed by atoms with E-state index < -0.39 is 10.5 Å². The highest BCUT2D eigenvalue weighted by Gasteiger charge is 2.14. The normalized spacial score (nSPS) is 10.0. The number of nitro groups is 1. The van der Waals surface area contributed by atoms with Crippen molar-refractivity contribution in [3.05, 3.63) is 62.2 Å². The van der Waals surface area contributed by atoms with Gasteiger partial charge in [0, 0.05) is 12.1 Å². The van der Waals surface area contributed by atoms with Gasteiger partial charge in [0.15, 0.2) is 0 Å². The lowest BCUT2D eigenvalue weighted by Gasteiger charge is -2.07. The number of hydrogen-bond acceptors (Lipinski definition) is 6. The molecular weight excluding hydrogens is 288 g/mol. The van der Waals surface area contributed by atoms with Gasteiger partial charge < -0.3 is 9.30 Å². The predicted molar refractivity (Wildman–Crippen MR) is 76.6 cm³/mol. The van der Waals surface area contributed by atoms with Gasteiger partial charge in [0.1, 0.15) is 11.6 Å². The standard InChI is InChI=1S/C14H12N4O4/c1-2-22-13-5-3-4-11(16-13)8-17-9-12(18(20)21)6-10(7-15)14(17)19/h3-6,9H,2,8H2,1H3. The van der Waals surface area contributed by atoms with E-state index in [2.05, 4.69) is 4.98 Å². The summed E-state index contributed by atoms with van der Waals surface area (Å²) in [7, 11) is 0. The third-order valence-corrected chi connectivity index (χ3v) is 2.81. The highest BCUT2D eigenvalue weighted by Crippen LogP contribution is 2.12.